The molecule has 2 aromatic rings. The molecule has 0 saturated heterocycles. The van der Waals surface area contributed by atoms with E-state index >= 15 is 0 Å². The molecule has 0 bridgehead atoms. The van der Waals surface area contributed by atoms with Gasteiger partial charge in [0.15, 0.2) is 0 Å². The summed E-state index contributed by atoms with van der Waals surface area (Å²) in [5, 5.41) is 6.33. The van der Waals surface area contributed by atoms with Gasteiger partial charge in [-0.3, -0.25) is 9.48 Å². The molecule has 0 aliphatic heterocycles. The topological polar surface area (TPSA) is 59.8 Å². The van der Waals surface area contributed by atoms with Crippen LogP contribution in [0.15, 0.2) is 30.5 Å². The van der Waals surface area contributed by atoms with Gasteiger partial charge in [0.05, 0.1) is 0 Å². The predicted molar refractivity (Wildman–Crippen MR) is 55.4 cm³/mol. The van der Waals surface area contributed by atoms with Gasteiger partial charge in [0.1, 0.15) is 11.5 Å². The lowest BCUT2D eigenvalue weighted by Crippen LogP contribution is -2.16. The highest BCUT2D eigenvalue weighted by atomic mass is 19.1. The maximum Gasteiger partial charge on any atom is 0.275 e. The molecule has 2 aromatic heterocycles. The molecule has 0 aromatic carbocycles. The molecule has 16 heavy (non-hydrogen) atoms. The second-order valence-corrected chi connectivity index (χ2v) is 3.14. The Morgan fingerprint density at radius 2 is 2.25 bits per heavy atom. The standard InChI is InChI=1S/C10H9FN4O/c1-15-7(5-6-12-15)10(16)14-9-4-2-3-8(11)13-9/h2-6H,1H3,(H,13,14,16). The minimum absolute atomic E-state index is 0.172. The lowest BCUT2D eigenvalue weighted by molar-refractivity contribution is 0.101. The van der Waals surface area contributed by atoms with Crippen LogP contribution in [0.4, 0.5) is 10.2 Å². The number of amides is 1. The molecule has 5 nitrogen and oxygen atoms in total. The van der Waals surface area contributed by atoms with Crippen LogP contribution in [0, 0.1) is 5.95 Å². The van der Waals surface area contributed by atoms with Gasteiger partial charge in [0.2, 0.25) is 5.95 Å². The normalized spacial score (nSPS) is 10.1. The van der Waals surface area contributed by atoms with Crippen LogP contribution in [0.2, 0.25) is 0 Å². The molecule has 6 heteroatoms. The molecule has 0 atom stereocenters. The van der Waals surface area contributed by atoms with Crippen molar-refractivity contribution in [2.45, 2.75) is 0 Å². The number of carbonyl (C=O) groups excluding carboxylic acids is 1. The van der Waals surface area contributed by atoms with E-state index in [1.54, 1.807) is 13.1 Å². The molecular formula is C10H9FN4O. The number of aryl methyl sites for hydroxylation is 1. The van der Waals surface area contributed by atoms with Gasteiger partial charge in [0.25, 0.3) is 5.91 Å². The van der Waals surface area contributed by atoms with Crippen molar-refractivity contribution in [3.8, 4) is 0 Å². The Labute approximate surface area is 90.9 Å². The number of hydrogen-bond acceptors (Lipinski definition) is 3. The summed E-state index contributed by atoms with van der Waals surface area (Å²) >= 11 is 0. The number of nitrogens with one attached hydrogen (secondary N) is 1. The van der Waals surface area contributed by atoms with Gasteiger partial charge in [0, 0.05) is 13.2 Å². The highest BCUT2D eigenvalue weighted by Crippen LogP contribution is 2.06. The zero-order valence-corrected chi connectivity index (χ0v) is 8.51. The number of carbonyl (C=O) groups is 1. The third kappa shape index (κ3) is 2.05. The quantitative estimate of drug-likeness (QED) is 0.774. The first kappa shape index (κ1) is 10.3. The first-order valence-corrected chi connectivity index (χ1v) is 4.59. The molecule has 0 fully saturated rings. The van der Waals surface area contributed by atoms with Crippen LogP contribution in [-0.2, 0) is 7.05 Å². The van der Waals surface area contributed by atoms with Crippen molar-refractivity contribution in [3.05, 3.63) is 42.1 Å². The summed E-state index contributed by atoms with van der Waals surface area (Å²) in [6.07, 6.45) is 1.51. The summed E-state index contributed by atoms with van der Waals surface area (Å²) in [7, 11) is 1.65. The number of nitrogens with zero attached hydrogens (tertiary/aromatic N) is 3. The molecule has 0 aliphatic carbocycles. The zero-order chi connectivity index (χ0) is 11.5. The minimum atomic E-state index is -0.636. The van der Waals surface area contributed by atoms with Gasteiger partial charge in [-0.2, -0.15) is 9.49 Å². The van der Waals surface area contributed by atoms with Crippen molar-refractivity contribution in [2.24, 2.45) is 7.05 Å². The average molecular weight is 220 g/mol. The predicted octanol–water partition coefficient (Wildman–Crippen LogP) is 1.21. The maximum atomic E-state index is 12.8. The molecule has 1 amide bonds. The van der Waals surface area contributed by atoms with Gasteiger partial charge >= 0.3 is 0 Å². The largest absolute Gasteiger partial charge is 0.305 e. The van der Waals surface area contributed by atoms with E-state index in [-0.39, 0.29) is 11.7 Å². The number of anilines is 1. The zero-order valence-electron chi connectivity index (χ0n) is 8.51. The number of pyridine rings is 1. The van der Waals surface area contributed by atoms with Crippen LogP contribution in [-0.4, -0.2) is 20.7 Å². The van der Waals surface area contributed by atoms with E-state index in [1.165, 1.54) is 29.1 Å². The van der Waals surface area contributed by atoms with Gasteiger partial charge < -0.3 is 5.32 Å². The number of rotatable bonds is 2. The summed E-state index contributed by atoms with van der Waals surface area (Å²) in [5.74, 6) is -0.841. The van der Waals surface area contributed by atoms with Crippen LogP contribution >= 0.6 is 0 Å². The number of hydrogen-bond donors (Lipinski definition) is 1. The Kier molecular flexibility index (Phi) is 2.63. The van der Waals surface area contributed by atoms with Gasteiger partial charge in [-0.05, 0) is 18.2 Å². The molecule has 0 spiro atoms. The Bertz CT molecular complexity index is 523. The van der Waals surface area contributed by atoms with Crippen molar-refractivity contribution in [3.63, 3.8) is 0 Å². The summed E-state index contributed by atoms with van der Waals surface area (Å²) in [6.45, 7) is 0. The fourth-order valence-corrected chi connectivity index (χ4v) is 1.25. The molecule has 0 saturated carbocycles. The fourth-order valence-electron chi connectivity index (χ4n) is 1.25. The maximum absolute atomic E-state index is 12.8. The molecule has 0 unspecified atom stereocenters. The summed E-state index contributed by atoms with van der Waals surface area (Å²) in [4.78, 5) is 15.2. The van der Waals surface area contributed by atoms with E-state index in [4.69, 9.17) is 0 Å². The molecule has 0 radical (unpaired) electrons. The van der Waals surface area contributed by atoms with Crippen molar-refractivity contribution in [1.29, 1.82) is 0 Å². The molecule has 2 rings (SSSR count). The molecule has 82 valence electrons. The number of halogens is 1. The van der Waals surface area contributed by atoms with Crippen LogP contribution in [0.3, 0.4) is 0 Å². The third-order valence-corrected chi connectivity index (χ3v) is 2.01. The van der Waals surface area contributed by atoms with E-state index in [0.29, 0.717) is 5.69 Å². The summed E-state index contributed by atoms with van der Waals surface area (Å²) < 4.78 is 14.2. The van der Waals surface area contributed by atoms with E-state index < -0.39 is 5.95 Å². The highest BCUT2D eigenvalue weighted by molar-refractivity contribution is 6.02. The Morgan fingerprint density at radius 1 is 1.44 bits per heavy atom. The Hall–Kier alpha value is -2.24. The molecule has 2 heterocycles. The van der Waals surface area contributed by atoms with Crippen LogP contribution < -0.4 is 5.32 Å². The van der Waals surface area contributed by atoms with Crippen LogP contribution in [0.25, 0.3) is 0 Å². The van der Waals surface area contributed by atoms with E-state index in [1.807, 2.05) is 0 Å². The first-order valence-electron chi connectivity index (χ1n) is 4.59. The van der Waals surface area contributed by atoms with Crippen molar-refractivity contribution in [2.75, 3.05) is 5.32 Å². The monoisotopic (exact) mass is 220 g/mol. The lowest BCUT2D eigenvalue weighted by atomic mass is 10.4. The molecule has 0 aliphatic rings. The minimum Gasteiger partial charge on any atom is -0.305 e. The summed E-state index contributed by atoms with van der Waals surface area (Å²) in [5.41, 5.74) is 0.381. The first-order chi connectivity index (χ1) is 7.66. The number of aromatic nitrogens is 3. The van der Waals surface area contributed by atoms with Crippen LogP contribution in [0.5, 0.6) is 0 Å². The smallest absolute Gasteiger partial charge is 0.275 e. The van der Waals surface area contributed by atoms with Crippen molar-refractivity contribution in [1.82, 2.24) is 14.8 Å². The van der Waals surface area contributed by atoms with E-state index in [2.05, 4.69) is 15.4 Å². The molecular weight excluding hydrogens is 211 g/mol. The third-order valence-electron chi connectivity index (χ3n) is 2.01. The fraction of sp³-hybridized carbons (Fsp3) is 0.100. The molecule has 1 N–H and O–H groups in total. The van der Waals surface area contributed by atoms with Gasteiger partial charge in [-0.1, -0.05) is 6.07 Å². The Balaban J connectivity index is 2.17. The second kappa shape index (κ2) is 4.09. The lowest BCUT2D eigenvalue weighted by Gasteiger charge is -2.03. The highest BCUT2D eigenvalue weighted by Gasteiger charge is 2.10. The Morgan fingerprint density at radius 3 is 2.88 bits per heavy atom. The average Bonchev–Trinajstić information content (AvgIpc) is 2.64. The van der Waals surface area contributed by atoms with Crippen molar-refractivity contribution < 1.29 is 9.18 Å². The van der Waals surface area contributed by atoms with E-state index in [0.717, 1.165) is 0 Å². The van der Waals surface area contributed by atoms with Crippen molar-refractivity contribution >= 4 is 11.7 Å². The SMILES string of the molecule is Cn1nccc1C(=O)Nc1cccc(F)n1. The van der Waals surface area contributed by atoms with Gasteiger partial charge in [-0.25, -0.2) is 4.98 Å². The van der Waals surface area contributed by atoms with Crippen LogP contribution in [0.1, 0.15) is 10.5 Å². The second-order valence-electron chi connectivity index (χ2n) is 3.14. The summed E-state index contributed by atoms with van der Waals surface area (Å²) in [6, 6.07) is 5.76. The van der Waals surface area contributed by atoms with E-state index in [9.17, 15) is 9.18 Å². The van der Waals surface area contributed by atoms with Gasteiger partial charge in [-0.15, -0.1) is 0 Å².